The molecule has 0 rings (SSSR count). The van der Waals surface area contributed by atoms with Crippen LogP contribution in [0.1, 0.15) is 66.7 Å². The van der Waals surface area contributed by atoms with Crippen molar-refractivity contribution in [2.45, 2.75) is 66.7 Å². The highest BCUT2D eigenvalue weighted by Gasteiger charge is 1.83. The summed E-state index contributed by atoms with van der Waals surface area (Å²) >= 11 is 0. The van der Waals surface area contributed by atoms with Crippen LogP contribution in [0.4, 0.5) is 0 Å². The van der Waals surface area contributed by atoms with Gasteiger partial charge in [-0.05, 0) is 13.0 Å². The van der Waals surface area contributed by atoms with Crippen molar-refractivity contribution >= 4 is 0 Å². The average Bonchev–Trinajstić information content (AvgIpc) is 2.19. The van der Waals surface area contributed by atoms with Gasteiger partial charge in [0.1, 0.15) is 0 Å². The van der Waals surface area contributed by atoms with E-state index in [9.17, 15) is 0 Å². The maximum absolute atomic E-state index is 5.31. The first kappa shape index (κ1) is 17.9. The molecule has 0 spiro atoms. The topological polar surface area (TPSA) is 26.0 Å². The Morgan fingerprint density at radius 2 is 1.17 bits per heavy atom. The fourth-order valence-electron chi connectivity index (χ4n) is 0.748. The van der Waals surface area contributed by atoms with Gasteiger partial charge in [0.2, 0.25) is 0 Å². The lowest BCUT2D eigenvalue weighted by Gasteiger charge is -1.93. The van der Waals surface area contributed by atoms with Gasteiger partial charge in [-0.1, -0.05) is 60.3 Å². The molecule has 1 nitrogen and oxygen atoms in total. The summed E-state index contributed by atoms with van der Waals surface area (Å²) < 4.78 is 0. The second kappa shape index (κ2) is 30.6. The molecule has 0 radical (unpaired) electrons. The van der Waals surface area contributed by atoms with Crippen LogP contribution in [0.3, 0.4) is 0 Å². The fraction of sp³-hybridized carbons (Fsp3) is 1.00. The van der Waals surface area contributed by atoms with Gasteiger partial charge in [-0.3, -0.25) is 0 Å². The predicted octanol–water partition coefficient (Wildman–Crippen LogP) is 3.97. The molecule has 0 aliphatic heterocycles. The second-order valence-electron chi connectivity index (χ2n) is 2.20. The van der Waals surface area contributed by atoms with E-state index in [2.05, 4.69) is 6.92 Å². The third-order valence-corrected chi connectivity index (χ3v) is 1.31. The van der Waals surface area contributed by atoms with Crippen LogP contribution < -0.4 is 5.73 Å². The van der Waals surface area contributed by atoms with Gasteiger partial charge in [0.15, 0.2) is 0 Å². The molecule has 0 aromatic rings. The zero-order valence-corrected chi connectivity index (χ0v) is 9.82. The number of rotatable bonds is 5. The van der Waals surface area contributed by atoms with Crippen molar-refractivity contribution in [3.05, 3.63) is 0 Å². The molecule has 1 heteroatoms. The van der Waals surface area contributed by atoms with Gasteiger partial charge in [0.05, 0.1) is 0 Å². The zero-order valence-electron chi connectivity index (χ0n) is 9.82. The molecule has 0 saturated carbocycles. The zero-order chi connectivity index (χ0) is 10.2. The lowest BCUT2D eigenvalue weighted by molar-refractivity contribution is 0.638. The first-order chi connectivity index (χ1) is 5.91. The summed E-state index contributed by atoms with van der Waals surface area (Å²) in [5.74, 6) is 0. The molecule has 0 saturated heterocycles. The van der Waals surface area contributed by atoms with E-state index >= 15 is 0 Å². The molecule has 0 fully saturated rings. The van der Waals surface area contributed by atoms with E-state index in [1.807, 2.05) is 27.7 Å². The molecule has 0 unspecified atom stereocenters. The van der Waals surface area contributed by atoms with Crippen molar-refractivity contribution in [3.63, 3.8) is 0 Å². The summed E-state index contributed by atoms with van der Waals surface area (Å²) in [5.41, 5.74) is 5.31. The Labute approximate surface area is 79.7 Å². The van der Waals surface area contributed by atoms with Crippen LogP contribution in [-0.4, -0.2) is 6.54 Å². The number of hydrogen-bond acceptors (Lipinski definition) is 1. The number of nitrogens with two attached hydrogens (primary N) is 1. The van der Waals surface area contributed by atoms with E-state index in [-0.39, 0.29) is 0 Å². The number of unbranched alkanes of at least 4 members (excludes halogenated alkanes) is 4. The van der Waals surface area contributed by atoms with Gasteiger partial charge >= 0.3 is 0 Å². The van der Waals surface area contributed by atoms with Crippen molar-refractivity contribution in [3.8, 4) is 0 Å². The minimum Gasteiger partial charge on any atom is -0.330 e. The van der Waals surface area contributed by atoms with Crippen LogP contribution in [0.25, 0.3) is 0 Å². The van der Waals surface area contributed by atoms with Gasteiger partial charge in [-0.25, -0.2) is 0 Å². The maximum atomic E-state index is 5.31. The molecular weight excluding hydrogens is 146 g/mol. The minimum absolute atomic E-state index is 0.865. The molecule has 0 aromatic heterocycles. The van der Waals surface area contributed by atoms with Gasteiger partial charge in [0.25, 0.3) is 0 Å². The highest BCUT2D eigenvalue weighted by molar-refractivity contribution is 4.41. The van der Waals surface area contributed by atoms with Crippen molar-refractivity contribution < 1.29 is 0 Å². The summed E-state index contributed by atoms with van der Waals surface area (Å²) in [6.07, 6.45) is 6.60. The number of hydrogen-bond donors (Lipinski definition) is 1. The van der Waals surface area contributed by atoms with Crippen LogP contribution in [0.5, 0.6) is 0 Å². The predicted molar refractivity (Wildman–Crippen MR) is 60.5 cm³/mol. The molecule has 78 valence electrons. The molecule has 2 N–H and O–H groups in total. The molecular formula is C11H29N. The molecule has 0 heterocycles. The monoisotopic (exact) mass is 175 g/mol. The first-order valence-electron chi connectivity index (χ1n) is 5.62. The van der Waals surface area contributed by atoms with Crippen molar-refractivity contribution in [1.82, 2.24) is 0 Å². The second-order valence-corrected chi connectivity index (χ2v) is 2.20. The lowest BCUT2D eigenvalue weighted by Crippen LogP contribution is -1.97. The normalized spacial score (nSPS) is 7.50. The Hall–Kier alpha value is -0.0400. The molecule has 0 atom stereocenters. The van der Waals surface area contributed by atoms with Gasteiger partial charge in [-0.15, -0.1) is 0 Å². The average molecular weight is 175 g/mol. The fourth-order valence-corrected chi connectivity index (χ4v) is 0.748. The van der Waals surface area contributed by atoms with Crippen LogP contribution in [0, 0.1) is 0 Å². The van der Waals surface area contributed by atoms with Crippen molar-refractivity contribution in [2.75, 3.05) is 6.54 Å². The molecule has 0 aliphatic carbocycles. The van der Waals surface area contributed by atoms with E-state index < -0.39 is 0 Å². The standard InChI is InChI=1S/C7H17N.2C2H6/c1-2-3-4-5-6-7-8;2*1-2/h2-8H2,1H3;2*1-2H3. The quantitative estimate of drug-likeness (QED) is 0.629. The van der Waals surface area contributed by atoms with Crippen LogP contribution in [0.15, 0.2) is 0 Å². The van der Waals surface area contributed by atoms with E-state index in [4.69, 9.17) is 5.73 Å². The summed E-state index contributed by atoms with van der Waals surface area (Å²) in [6.45, 7) is 11.1. The van der Waals surface area contributed by atoms with Crippen molar-refractivity contribution in [2.24, 2.45) is 5.73 Å². The van der Waals surface area contributed by atoms with Gasteiger partial charge < -0.3 is 5.73 Å². The maximum Gasteiger partial charge on any atom is -0.00773 e. The van der Waals surface area contributed by atoms with Crippen LogP contribution >= 0.6 is 0 Å². The van der Waals surface area contributed by atoms with E-state index in [1.54, 1.807) is 0 Å². The SMILES string of the molecule is CC.CC.CCCCCCCN. The lowest BCUT2D eigenvalue weighted by atomic mass is 10.2. The Morgan fingerprint density at radius 3 is 1.50 bits per heavy atom. The molecule has 0 bridgehead atoms. The van der Waals surface area contributed by atoms with Crippen molar-refractivity contribution in [1.29, 1.82) is 0 Å². The third-order valence-electron chi connectivity index (χ3n) is 1.31. The van der Waals surface area contributed by atoms with E-state index in [0.29, 0.717) is 0 Å². The van der Waals surface area contributed by atoms with Crippen LogP contribution in [-0.2, 0) is 0 Å². The first-order valence-corrected chi connectivity index (χ1v) is 5.62. The summed E-state index contributed by atoms with van der Waals surface area (Å²) in [6, 6.07) is 0. The van der Waals surface area contributed by atoms with E-state index in [0.717, 1.165) is 6.54 Å². The molecule has 0 aliphatic rings. The summed E-state index contributed by atoms with van der Waals surface area (Å²) in [7, 11) is 0. The van der Waals surface area contributed by atoms with Crippen LogP contribution in [0.2, 0.25) is 0 Å². The Kier molecular flexibility index (Phi) is 45.6. The largest absolute Gasteiger partial charge is 0.330 e. The van der Waals surface area contributed by atoms with Gasteiger partial charge in [0, 0.05) is 0 Å². The highest BCUT2D eigenvalue weighted by Crippen LogP contribution is 2.00. The molecule has 0 amide bonds. The Bertz CT molecular complexity index is 30.0. The Morgan fingerprint density at radius 1 is 0.750 bits per heavy atom. The highest BCUT2D eigenvalue weighted by atomic mass is 14.5. The third kappa shape index (κ3) is 32.5. The smallest absolute Gasteiger partial charge is 0.00773 e. The summed E-state index contributed by atoms with van der Waals surface area (Å²) in [4.78, 5) is 0. The Balaban J connectivity index is -0.000000175. The molecule has 12 heavy (non-hydrogen) atoms. The molecule has 0 aromatic carbocycles. The summed E-state index contributed by atoms with van der Waals surface area (Å²) in [5, 5.41) is 0. The van der Waals surface area contributed by atoms with E-state index in [1.165, 1.54) is 32.1 Å². The minimum atomic E-state index is 0.865. The van der Waals surface area contributed by atoms with Gasteiger partial charge in [-0.2, -0.15) is 0 Å².